The van der Waals surface area contributed by atoms with Crippen molar-refractivity contribution >= 4 is 11.4 Å². The molecule has 1 aromatic carbocycles. The number of nitrogens with two attached hydrogens (primary N) is 1. The lowest BCUT2D eigenvalue weighted by Crippen LogP contribution is -2.28. The highest BCUT2D eigenvalue weighted by molar-refractivity contribution is 5.47. The minimum Gasteiger partial charge on any atom is -0.508 e. The Morgan fingerprint density at radius 2 is 1.89 bits per heavy atom. The number of pyridine rings is 1. The van der Waals surface area contributed by atoms with Gasteiger partial charge in [0.15, 0.2) is 0 Å². The summed E-state index contributed by atoms with van der Waals surface area (Å²) in [5.74, 6) is 0.240. The molecule has 0 saturated carbocycles. The zero-order valence-corrected chi connectivity index (χ0v) is 10.8. The second kappa shape index (κ2) is 5.48. The van der Waals surface area contributed by atoms with Gasteiger partial charge in [0.2, 0.25) is 0 Å². The van der Waals surface area contributed by atoms with Crippen molar-refractivity contribution in [3.05, 3.63) is 52.9 Å². The van der Waals surface area contributed by atoms with Crippen molar-refractivity contribution in [3.63, 3.8) is 0 Å². The number of nitrogen functional groups attached to an aromatic ring is 1. The fourth-order valence-electron chi connectivity index (χ4n) is 1.82. The topological polar surface area (TPSA) is 71.5 Å². The first-order valence-electron chi connectivity index (χ1n) is 6.02. The number of rotatable bonds is 4. The van der Waals surface area contributed by atoms with Gasteiger partial charge in [-0.15, -0.1) is 0 Å². The monoisotopic (exact) mass is 259 g/mol. The van der Waals surface area contributed by atoms with E-state index in [2.05, 4.69) is 0 Å². The summed E-state index contributed by atoms with van der Waals surface area (Å²) in [7, 11) is 1.93. The van der Waals surface area contributed by atoms with Crippen molar-refractivity contribution in [1.29, 1.82) is 0 Å². The van der Waals surface area contributed by atoms with Gasteiger partial charge in [-0.2, -0.15) is 0 Å². The van der Waals surface area contributed by atoms with Crippen LogP contribution in [0.4, 0.5) is 11.4 Å². The molecule has 0 bridgehead atoms. The lowest BCUT2D eigenvalue weighted by atomic mass is 10.3. The van der Waals surface area contributed by atoms with Crippen LogP contribution in [0.5, 0.6) is 5.75 Å². The lowest BCUT2D eigenvalue weighted by Gasteiger charge is -2.20. The van der Waals surface area contributed by atoms with Crippen molar-refractivity contribution < 1.29 is 5.11 Å². The zero-order valence-electron chi connectivity index (χ0n) is 10.8. The van der Waals surface area contributed by atoms with Crippen molar-refractivity contribution in [1.82, 2.24) is 4.57 Å². The highest BCUT2D eigenvalue weighted by atomic mass is 16.3. The highest BCUT2D eigenvalue weighted by Gasteiger charge is 2.02. The molecule has 5 nitrogen and oxygen atoms in total. The highest BCUT2D eigenvalue weighted by Crippen LogP contribution is 2.16. The van der Waals surface area contributed by atoms with Crippen molar-refractivity contribution in [2.45, 2.75) is 6.54 Å². The Bertz CT molecular complexity index is 605. The third-order valence-electron chi connectivity index (χ3n) is 2.97. The Morgan fingerprint density at radius 3 is 2.58 bits per heavy atom. The first-order chi connectivity index (χ1) is 9.06. The first kappa shape index (κ1) is 13.0. The molecule has 1 aromatic heterocycles. The second-order valence-electron chi connectivity index (χ2n) is 4.43. The Hall–Kier alpha value is -2.43. The zero-order chi connectivity index (χ0) is 13.8. The standard InChI is InChI=1S/C14H17N3O2/c1-16(12-3-5-13(18)6-4-12)8-9-17-10-11(15)2-7-14(17)19/h2-7,10,18H,8-9,15H2,1H3. The SMILES string of the molecule is CN(CCn1cc(N)ccc1=O)c1ccc(O)cc1. The van der Waals surface area contributed by atoms with Crippen LogP contribution in [0.1, 0.15) is 0 Å². The third-order valence-corrected chi connectivity index (χ3v) is 2.97. The summed E-state index contributed by atoms with van der Waals surface area (Å²) >= 11 is 0. The number of likely N-dealkylation sites (N-methyl/N-ethyl adjacent to an activating group) is 1. The fraction of sp³-hybridized carbons (Fsp3) is 0.214. The fourth-order valence-corrected chi connectivity index (χ4v) is 1.82. The molecule has 1 heterocycles. The van der Waals surface area contributed by atoms with Crippen LogP contribution >= 0.6 is 0 Å². The van der Waals surface area contributed by atoms with Gasteiger partial charge in [-0.25, -0.2) is 0 Å². The molecule has 0 saturated heterocycles. The quantitative estimate of drug-likeness (QED) is 0.867. The number of nitrogens with zero attached hydrogens (tertiary/aromatic N) is 2. The van der Waals surface area contributed by atoms with Crippen LogP contribution in [0, 0.1) is 0 Å². The Labute approximate surface area is 111 Å². The predicted octanol–water partition coefficient (Wildman–Crippen LogP) is 1.27. The summed E-state index contributed by atoms with van der Waals surface area (Å²) in [6.07, 6.45) is 1.65. The summed E-state index contributed by atoms with van der Waals surface area (Å²) in [5.41, 5.74) is 7.16. The van der Waals surface area contributed by atoms with Gasteiger partial charge in [0.1, 0.15) is 5.75 Å². The summed E-state index contributed by atoms with van der Waals surface area (Å²) < 4.78 is 1.59. The number of phenolic OH excluding ortho intramolecular Hbond substituents is 1. The molecular weight excluding hydrogens is 242 g/mol. The minimum absolute atomic E-state index is 0.0618. The molecule has 0 fully saturated rings. The Morgan fingerprint density at radius 1 is 1.21 bits per heavy atom. The maximum absolute atomic E-state index is 11.6. The number of phenols is 1. The molecule has 0 radical (unpaired) electrons. The van der Waals surface area contributed by atoms with E-state index in [4.69, 9.17) is 5.73 Å². The average molecular weight is 259 g/mol. The molecule has 2 aromatic rings. The molecule has 0 aliphatic carbocycles. The summed E-state index contributed by atoms with van der Waals surface area (Å²) in [5, 5.41) is 9.24. The van der Waals surface area contributed by atoms with Crippen molar-refractivity contribution in [2.24, 2.45) is 0 Å². The minimum atomic E-state index is -0.0618. The van der Waals surface area contributed by atoms with Crippen LogP contribution in [0.3, 0.4) is 0 Å². The summed E-state index contributed by atoms with van der Waals surface area (Å²) in [6, 6.07) is 10.0. The van der Waals surface area contributed by atoms with Crippen molar-refractivity contribution in [2.75, 3.05) is 24.2 Å². The van der Waals surface area contributed by atoms with E-state index in [1.165, 1.54) is 6.07 Å². The number of aromatic nitrogens is 1. The van der Waals surface area contributed by atoms with Crippen LogP contribution in [-0.4, -0.2) is 23.3 Å². The average Bonchev–Trinajstić information content (AvgIpc) is 2.40. The molecule has 2 rings (SSSR count). The molecule has 3 N–H and O–H groups in total. The van der Waals surface area contributed by atoms with Gasteiger partial charge in [-0.1, -0.05) is 0 Å². The maximum atomic E-state index is 11.6. The molecule has 5 heteroatoms. The smallest absolute Gasteiger partial charge is 0.250 e. The maximum Gasteiger partial charge on any atom is 0.250 e. The number of hydrogen-bond donors (Lipinski definition) is 2. The van der Waals surface area contributed by atoms with Crippen LogP contribution in [-0.2, 0) is 6.54 Å². The molecule has 100 valence electrons. The number of hydrogen-bond acceptors (Lipinski definition) is 4. The molecular formula is C14H17N3O2. The number of aromatic hydroxyl groups is 1. The molecule has 0 amide bonds. The summed E-state index contributed by atoms with van der Waals surface area (Å²) in [4.78, 5) is 13.6. The first-order valence-corrected chi connectivity index (χ1v) is 6.02. The van der Waals surface area contributed by atoms with E-state index >= 15 is 0 Å². The van der Waals surface area contributed by atoms with Gasteiger partial charge in [0.25, 0.3) is 5.56 Å². The van der Waals surface area contributed by atoms with E-state index in [1.54, 1.807) is 29.0 Å². The van der Waals surface area contributed by atoms with Gasteiger partial charge in [0, 0.05) is 43.8 Å². The normalized spacial score (nSPS) is 10.4. The van der Waals surface area contributed by atoms with Gasteiger partial charge in [-0.3, -0.25) is 4.79 Å². The number of anilines is 2. The molecule has 0 spiro atoms. The van der Waals surface area contributed by atoms with E-state index < -0.39 is 0 Å². The second-order valence-corrected chi connectivity index (χ2v) is 4.43. The van der Waals surface area contributed by atoms with Crippen LogP contribution in [0.15, 0.2) is 47.4 Å². The van der Waals surface area contributed by atoms with Gasteiger partial charge >= 0.3 is 0 Å². The van der Waals surface area contributed by atoms with E-state index in [0.717, 1.165) is 5.69 Å². The predicted molar refractivity (Wildman–Crippen MR) is 76.5 cm³/mol. The molecule has 0 aliphatic rings. The lowest BCUT2D eigenvalue weighted by molar-refractivity contribution is 0.475. The van der Waals surface area contributed by atoms with E-state index in [-0.39, 0.29) is 11.3 Å². The third kappa shape index (κ3) is 3.28. The van der Waals surface area contributed by atoms with Gasteiger partial charge < -0.3 is 20.3 Å². The Balaban J connectivity index is 2.04. The number of benzene rings is 1. The molecule has 0 atom stereocenters. The largest absolute Gasteiger partial charge is 0.508 e. The van der Waals surface area contributed by atoms with Gasteiger partial charge in [-0.05, 0) is 30.3 Å². The summed E-state index contributed by atoms with van der Waals surface area (Å²) in [6.45, 7) is 1.23. The van der Waals surface area contributed by atoms with E-state index in [0.29, 0.717) is 18.8 Å². The van der Waals surface area contributed by atoms with Gasteiger partial charge in [0.05, 0.1) is 0 Å². The van der Waals surface area contributed by atoms with Crippen molar-refractivity contribution in [3.8, 4) is 5.75 Å². The van der Waals surface area contributed by atoms with E-state index in [9.17, 15) is 9.90 Å². The van der Waals surface area contributed by atoms with Crippen LogP contribution in [0.25, 0.3) is 0 Å². The Kier molecular flexibility index (Phi) is 3.75. The molecule has 0 unspecified atom stereocenters. The van der Waals surface area contributed by atoms with Crippen LogP contribution in [0.2, 0.25) is 0 Å². The van der Waals surface area contributed by atoms with Crippen LogP contribution < -0.4 is 16.2 Å². The van der Waals surface area contributed by atoms with E-state index in [1.807, 2.05) is 24.1 Å². The molecule has 19 heavy (non-hydrogen) atoms. The molecule has 0 aliphatic heterocycles.